The van der Waals surface area contributed by atoms with Crippen molar-refractivity contribution < 1.29 is 14.3 Å². The van der Waals surface area contributed by atoms with Gasteiger partial charge < -0.3 is 10.8 Å². The van der Waals surface area contributed by atoms with Gasteiger partial charge in [-0.05, 0) is 32.4 Å². The molecular weight excluding hydrogens is 247 g/mol. The fraction of sp³-hybridized carbons (Fsp3) is 0.500. The topological polar surface area (TPSA) is 66.6 Å². The summed E-state index contributed by atoms with van der Waals surface area (Å²) in [5, 5.41) is 10.1. The van der Waals surface area contributed by atoms with Crippen LogP contribution in [0.5, 0.6) is 0 Å². The third-order valence-electron chi connectivity index (χ3n) is 3.60. The number of nitrogens with two attached hydrogens (primary N) is 1. The second-order valence-electron chi connectivity index (χ2n) is 5.30. The highest BCUT2D eigenvalue weighted by molar-refractivity contribution is 5.83. The lowest BCUT2D eigenvalue weighted by Gasteiger charge is -2.37. The van der Waals surface area contributed by atoms with Gasteiger partial charge in [-0.2, -0.15) is 0 Å². The van der Waals surface area contributed by atoms with Gasteiger partial charge in [0.25, 0.3) is 5.91 Å². The average molecular weight is 266 g/mol. The highest BCUT2D eigenvalue weighted by Crippen LogP contribution is 2.23. The van der Waals surface area contributed by atoms with Crippen molar-refractivity contribution in [3.05, 3.63) is 35.1 Å². The van der Waals surface area contributed by atoms with Crippen molar-refractivity contribution in [2.75, 3.05) is 13.1 Å². The first-order valence-electron chi connectivity index (χ1n) is 6.40. The molecule has 2 rings (SSSR count). The summed E-state index contributed by atoms with van der Waals surface area (Å²) in [6, 6.07) is 4.94. The third-order valence-corrected chi connectivity index (χ3v) is 3.60. The van der Waals surface area contributed by atoms with Crippen LogP contribution < -0.4 is 5.73 Å². The number of likely N-dealkylation sites (tertiary alicyclic amines) is 1. The van der Waals surface area contributed by atoms with E-state index in [0.717, 1.165) is 12.1 Å². The lowest BCUT2D eigenvalue weighted by Crippen LogP contribution is -2.55. The lowest BCUT2D eigenvalue weighted by molar-refractivity contribution is -0.142. The minimum absolute atomic E-state index is 0.162. The summed E-state index contributed by atoms with van der Waals surface area (Å²) < 4.78 is 13.7. The van der Waals surface area contributed by atoms with Crippen molar-refractivity contribution in [3.63, 3.8) is 0 Å². The molecule has 1 aliphatic rings. The maximum atomic E-state index is 13.7. The van der Waals surface area contributed by atoms with Crippen molar-refractivity contribution in [1.29, 1.82) is 0 Å². The highest BCUT2D eigenvalue weighted by Gasteiger charge is 2.38. The molecule has 1 atom stereocenters. The smallest absolute Gasteiger partial charge is 0.250 e. The largest absolute Gasteiger partial charge is 0.379 e. The van der Waals surface area contributed by atoms with Crippen LogP contribution in [0.25, 0.3) is 0 Å². The Labute approximate surface area is 112 Å². The number of aryl methyl sites for hydroxylation is 1. The van der Waals surface area contributed by atoms with E-state index in [0.29, 0.717) is 24.9 Å². The van der Waals surface area contributed by atoms with Crippen molar-refractivity contribution in [3.8, 4) is 0 Å². The number of aliphatic hydroxyl groups is 1. The quantitative estimate of drug-likeness (QED) is 0.856. The summed E-state index contributed by atoms with van der Waals surface area (Å²) in [5.41, 5.74) is 5.30. The van der Waals surface area contributed by atoms with Crippen LogP contribution in [-0.4, -0.2) is 34.6 Å². The molecule has 0 aromatic heterocycles. The van der Waals surface area contributed by atoms with Crippen LogP contribution in [0.2, 0.25) is 0 Å². The molecule has 1 unspecified atom stereocenters. The fourth-order valence-electron chi connectivity index (χ4n) is 2.52. The normalized spacial score (nSPS) is 24.4. The van der Waals surface area contributed by atoms with Gasteiger partial charge in [0, 0.05) is 18.7 Å². The van der Waals surface area contributed by atoms with E-state index < -0.39 is 11.5 Å². The van der Waals surface area contributed by atoms with E-state index >= 15 is 0 Å². The maximum absolute atomic E-state index is 13.7. The molecule has 1 heterocycles. The van der Waals surface area contributed by atoms with Crippen LogP contribution in [0, 0.1) is 12.7 Å². The summed E-state index contributed by atoms with van der Waals surface area (Å²) in [5.74, 6) is -0.972. The second kappa shape index (κ2) is 5.27. The Hall–Kier alpha value is -1.46. The van der Waals surface area contributed by atoms with Gasteiger partial charge in [-0.25, -0.2) is 4.39 Å². The van der Waals surface area contributed by atoms with Crippen molar-refractivity contribution in [2.24, 2.45) is 5.73 Å². The summed E-state index contributed by atoms with van der Waals surface area (Å²) >= 11 is 0. The number of hydrogen-bond acceptors (Lipinski definition) is 3. The van der Waals surface area contributed by atoms with Crippen molar-refractivity contribution >= 4 is 5.91 Å². The summed E-state index contributed by atoms with van der Waals surface area (Å²) in [6.07, 6.45) is 1.04. The Kier molecular flexibility index (Phi) is 3.87. The van der Waals surface area contributed by atoms with Crippen LogP contribution in [0.1, 0.15) is 24.0 Å². The number of hydrogen-bond donors (Lipinski definition) is 2. The number of rotatable bonds is 3. The maximum Gasteiger partial charge on any atom is 0.250 e. The lowest BCUT2D eigenvalue weighted by atomic mass is 9.92. The first-order chi connectivity index (χ1) is 8.90. The summed E-state index contributed by atoms with van der Waals surface area (Å²) in [6.45, 7) is 3.17. The van der Waals surface area contributed by atoms with E-state index in [2.05, 4.69) is 0 Å². The zero-order chi connectivity index (χ0) is 14.0. The van der Waals surface area contributed by atoms with Gasteiger partial charge in [0.2, 0.25) is 0 Å². The van der Waals surface area contributed by atoms with E-state index in [4.69, 9.17) is 5.73 Å². The third kappa shape index (κ3) is 3.11. The first-order valence-corrected chi connectivity index (χ1v) is 6.40. The molecule has 0 bridgehead atoms. The molecule has 0 radical (unpaired) electrons. The minimum atomic E-state index is -1.49. The van der Waals surface area contributed by atoms with Crippen molar-refractivity contribution in [2.45, 2.75) is 31.9 Å². The molecule has 19 heavy (non-hydrogen) atoms. The van der Waals surface area contributed by atoms with Crippen LogP contribution in [0.15, 0.2) is 18.2 Å². The van der Waals surface area contributed by atoms with Gasteiger partial charge in [-0.15, -0.1) is 0 Å². The molecular formula is C14H19FN2O2. The monoisotopic (exact) mass is 266 g/mol. The number of primary amides is 1. The number of piperidine rings is 1. The number of benzene rings is 1. The van der Waals surface area contributed by atoms with Crippen LogP contribution in [0.3, 0.4) is 0 Å². The molecule has 5 heteroatoms. The zero-order valence-corrected chi connectivity index (χ0v) is 11.0. The Bertz CT molecular complexity index is 492. The zero-order valence-electron chi connectivity index (χ0n) is 11.0. The molecule has 0 spiro atoms. The molecule has 4 nitrogen and oxygen atoms in total. The molecule has 0 aliphatic carbocycles. The average Bonchev–Trinajstić information content (AvgIpc) is 2.34. The van der Waals surface area contributed by atoms with Gasteiger partial charge in [0.1, 0.15) is 5.82 Å². The molecule has 1 fully saturated rings. The predicted molar refractivity (Wildman–Crippen MR) is 69.8 cm³/mol. The Morgan fingerprint density at radius 1 is 1.58 bits per heavy atom. The SMILES string of the molecule is Cc1ccc(F)c(CN2CCCC(O)(C(N)=O)C2)c1. The van der Waals surface area contributed by atoms with Gasteiger partial charge in [-0.3, -0.25) is 9.69 Å². The number of amides is 1. The van der Waals surface area contributed by atoms with Crippen molar-refractivity contribution in [1.82, 2.24) is 4.90 Å². The highest BCUT2D eigenvalue weighted by atomic mass is 19.1. The van der Waals surface area contributed by atoms with Crippen LogP contribution in [-0.2, 0) is 11.3 Å². The summed E-state index contributed by atoms with van der Waals surface area (Å²) in [7, 11) is 0. The van der Waals surface area contributed by atoms with Gasteiger partial charge >= 0.3 is 0 Å². The fourth-order valence-corrected chi connectivity index (χ4v) is 2.52. The van der Waals surface area contributed by atoms with E-state index in [1.807, 2.05) is 11.8 Å². The number of β-amino-alcohol motifs (C(OH)–C–C–N with tert-alkyl or cyclic N) is 1. The number of carbonyl (C=O) groups is 1. The molecule has 1 saturated heterocycles. The summed E-state index contributed by atoms with van der Waals surface area (Å²) in [4.78, 5) is 13.1. The van der Waals surface area contributed by atoms with E-state index in [1.165, 1.54) is 6.07 Å². The number of halogens is 1. The molecule has 1 aromatic rings. The van der Waals surface area contributed by atoms with Crippen LogP contribution in [0.4, 0.5) is 4.39 Å². The molecule has 1 aliphatic heterocycles. The molecule has 104 valence electrons. The molecule has 3 N–H and O–H groups in total. The molecule has 1 amide bonds. The second-order valence-corrected chi connectivity index (χ2v) is 5.30. The molecule has 0 saturated carbocycles. The molecule has 1 aromatic carbocycles. The van der Waals surface area contributed by atoms with Gasteiger partial charge in [0.15, 0.2) is 5.60 Å². The standard InChI is InChI=1S/C14H19FN2O2/c1-10-3-4-12(15)11(7-10)8-17-6-2-5-14(19,9-17)13(16)18/h3-4,7,19H,2,5-6,8-9H2,1H3,(H2,16,18). The van der Waals surface area contributed by atoms with Gasteiger partial charge in [-0.1, -0.05) is 17.7 Å². The van der Waals surface area contributed by atoms with E-state index in [-0.39, 0.29) is 12.4 Å². The van der Waals surface area contributed by atoms with Crippen LogP contribution >= 0.6 is 0 Å². The number of carbonyl (C=O) groups excluding carboxylic acids is 1. The Morgan fingerprint density at radius 3 is 3.00 bits per heavy atom. The predicted octanol–water partition coefficient (Wildman–Crippen LogP) is 0.946. The van der Waals surface area contributed by atoms with E-state index in [1.54, 1.807) is 12.1 Å². The number of nitrogens with zero attached hydrogens (tertiary/aromatic N) is 1. The Balaban J connectivity index is 2.11. The minimum Gasteiger partial charge on any atom is -0.379 e. The Morgan fingerprint density at radius 2 is 2.32 bits per heavy atom. The first kappa shape index (κ1) is 14.0. The van der Waals surface area contributed by atoms with E-state index in [9.17, 15) is 14.3 Å². The van der Waals surface area contributed by atoms with Gasteiger partial charge in [0.05, 0.1) is 0 Å².